The average Bonchev–Trinajstić information content (AvgIpc) is 3.19. The van der Waals surface area contributed by atoms with Crippen molar-refractivity contribution < 1.29 is 24.2 Å². The lowest BCUT2D eigenvalue weighted by Gasteiger charge is -2.25. The van der Waals surface area contributed by atoms with Gasteiger partial charge in [-0.15, -0.1) is 0 Å². The Labute approximate surface area is 206 Å². The second-order valence-corrected chi connectivity index (χ2v) is 9.71. The fraction of sp³-hybridized carbons (Fsp3) is 0.464. The van der Waals surface area contributed by atoms with Gasteiger partial charge in [-0.3, -0.25) is 9.59 Å². The highest BCUT2D eigenvalue weighted by molar-refractivity contribution is 5.85. The van der Waals surface area contributed by atoms with Gasteiger partial charge in [0, 0.05) is 12.5 Å². The van der Waals surface area contributed by atoms with E-state index in [4.69, 9.17) is 4.74 Å². The number of carboxylic acid groups (broad SMARTS) is 1. The molecule has 4 rings (SSSR count). The number of carbonyl (C=O) groups excluding carboxylic acids is 2. The monoisotopic (exact) mass is 478 g/mol. The van der Waals surface area contributed by atoms with Crippen molar-refractivity contribution in [3.8, 4) is 11.1 Å². The third-order valence-corrected chi connectivity index (χ3v) is 7.29. The van der Waals surface area contributed by atoms with Gasteiger partial charge < -0.3 is 20.5 Å². The van der Waals surface area contributed by atoms with Crippen LogP contribution in [-0.2, 0) is 14.3 Å². The van der Waals surface area contributed by atoms with Gasteiger partial charge in [0.2, 0.25) is 5.91 Å². The van der Waals surface area contributed by atoms with Crippen LogP contribution in [0.5, 0.6) is 0 Å². The van der Waals surface area contributed by atoms with Gasteiger partial charge in [-0.05, 0) is 41.5 Å². The van der Waals surface area contributed by atoms with Crippen LogP contribution in [0.15, 0.2) is 48.5 Å². The van der Waals surface area contributed by atoms with Crippen LogP contribution in [0.3, 0.4) is 0 Å². The van der Waals surface area contributed by atoms with E-state index in [0.29, 0.717) is 12.3 Å². The molecule has 1 unspecified atom stereocenters. The lowest BCUT2D eigenvalue weighted by molar-refractivity contribution is -0.142. The first-order valence-corrected chi connectivity index (χ1v) is 12.6. The Bertz CT molecular complexity index is 1020. The maximum Gasteiger partial charge on any atom is 0.407 e. The van der Waals surface area contributed by atoms with E-state index in [-0.39, 0.29) is 19.1 Å². The number of carboxylic acids is 1. The molecule has 0 aromatic heterocycles. The van der Waals surface area contributed by atoms with Gasteiger partial charge in [-0.2, -0.15) is 0 Å². The fourth-order valence-electron chi connectivity index (χ4n) is 5.36. The summed E-state index contributed by atoms with van der Waals surface area (Å²) in [5.41, 5.74) is 4.52. The zero-order valence-corrected chi connectivity index (χ0v) is 20.2. The van der Waals surface area contributed by atoms with Crippen LogP contribution in [0.1, 0.15) is 62.5 Å². The maximum atomic E-state index is 12.5. The highest BCUT2D eigenvalue weighted by Gasteiger charge is 2.30. The summed E-state index contributed by atoms with van der Waals surface area (Å²) in [6, 6.07) is 15.3. The van der Waals surface area contributed by atoms with Crippen molar-refractivity contribution in [2.75, 3.05) is 13.2 Å². The minimum Gasteiger partial charge on any atom is -0.481 e. The van der Waals surface area contributed by atoms with Crippen molar-refractivity contribution in [3.63, 3.8) is 0 Å². The molecule has 2 aliphatic carbocycles. The van der Waals surface area contributed by atoms with Crippen LogP contribution in [0, 0.1) is 11.8 Å². The molecule has 0 saturated heterocycles. The minimum atomic E-state index is -0.895. The number of nitrogens with one attached hydrogen (secondary N) is 2. The van der Waals surface area contributed by atoms with Crippen molar-refractivity contribution in [1.29, 1.82) is 0 Å². The Hall–Kier alpha value is -3.35. The zero-order valence-electron chi connectivity index (χ0n) is 20.2. The zero-order chi connectivity index (χ0) is 24.8. The largest absolute Gasteiger partial charge is 0.481 e. The average molecular weight is 479 g/mol. The first kappa shape index (κ1) is 24.8. The molecule has 7 heteroatoms. The van der Waals surface area contributed by atoms with Gasteiger partial charge in [-0.25, -0.2) is 4.79 Å². The van der Waals surface area contributed by atoms with Gasteiger partial charge in [0.05, 0.1) is 5.92 Å². The molecule has 0 spiro atoms. The highest BCUT2D eigenvalue weighted by atomic mass is 16.5. The van der Waals surface area contributed by atoms with E-state index in [1.807, 2.05) is 36.4 Å². The van der Waals surface area contributed by atoms with Crippen molar-refractivity contribution in [2.45, 2.75) is 57.4 Å². The van der Waals surface area contributed by atoms with Crippen molar-refractivity contribution in [1.82, 2.24) is 10.6 Å². The topological polar surface area (TPSA) is 105 Å². The van der Waals surface area contributed by atoms with Crippen molar-refractivity contribution >= 4 is 18.0 Å². The van der Waals surface area contributed by atoms with Crippen molar-refractivity contribution in [2.24, 2.45) is 11.8 Å². The van der Waals surface area contributed by atoms with E-state index in [1.54, 1.807) is 6.92 Å². The van der Waals surface area contributed by atoms with E-state index in [1.165, 1.54) is 6.42 Å². The normalized spacial score (nSPS) is 17.1. The van der Waals surface area contributed by atoms with Gasteiger partial charge in [0.1, 0.15) is 12.6 Å². The quantitative estimate of drug-likeness (QED) is 0.485. The molecule has 2 amide bonds. The summed E-state index contributed by atoms with van der Waals surface area (Å²) in [6.45, 7) is 1.78. The second kappa shape index (κ2) is 11.4. The van der Waals surface area contributed by atoms with Crippen LogP contribution in [0.4, 0.5) is 4.79 Å². The van der Waals surface area contributed by atoms with Crippen LogP contribution in [-0.4, -0.2) is 42.3 Å². The van der Waals surface area contributed by atoms with E-state index >= 15 is 0 Å². The van der Waals surface area contributed by atoms with Crippen LogP contribution >= 0.6 is 0 Å². The number of carbonyl (C=O) groups is 3. The standard InChI is InChI=1S/C28H34N2O5/c1-18(26(31)29-16-20(27(32)33)15-19-9-3-2-4-10-19)30-28(34)35-17-25-23-13-7-5-11-21(23)22-12-6-8-14-24(22)25/h5-8,11-14,18-20,25H,2-4,9-10,15-17H2,1H3,(H,29,31)(H,30,34)(H,32,33)/t18-,20?/m0/s1. The Morgan fingerprint density at radius 3 is 2.17 bits per heavy atom. The number of fused-ring (bicyclic) bond motifs is 3. The van der Waals surface area contributed by atoms with E-state index in [9.17, 15) is 19.5 Å². The van der Waals surface area contributed by atoms with Crippen LogP contribution in [0.2, 0.25) is 0 Å². The predicted octanol–water partition coefficient (Wildman–Crippen LogP) is 4.70. The molecule has 35 heavy (non-hydrogen) atoms. The molecule has 1 fully saturated rings. The molecule has 0 radical (unpaired) electrons. The lowest BCUT2D eigenvalue weighted by atomic mass is 9.82. The molecule has 2 aromatic carbocycles. The Morgan fingerprint density at radius 2 is 1.57 bits per heavy atom. The smallest absolute Gasteiger partial charge is 0.407 e. The Balaban J connectivity index is 1.26. The van der Waals surface area contributed by atoms with E-state index in [2.05, 4.69) is 22.8 Å². The number of alkyl carbamates (subject to hydrolysis) is 1. The third kappa shape index (κ3) is 6.02. The summed E-state index contributed by atoms with van der Waals surface area (Å²) < 4.78 is 5.50. The number of rotatable bonds is 9. The first-order valence-electron chi connectivity index (χ1n) is 12.6. The SMILES string of the molecule is C[C@H](NC(=O)OCC1c2ccccc2-c2ccccc21)C(=O)NCC(CC1CCCCC1)C(=O)O. The number of hydrogen-bond acceptors (Lipinski definition) is 4. The van der Waals surface area contributed by atoms with E-state index < -0.39 is 29.9 Å². The number of ether oxygens (including phenoxy) is 1. The van der Waals surface area contributed by atoms with Gasteiger partial charge in [0.25, 0.3) is 0 Å². The van der Waals surface area contributed by atoms with E-state index in [0.717, 1.165) is 47.9 Å². The van der Waals surface area contributed by atoms with Crippen molar-refractivity contribution in [3.05, 3.63) is 59.7 Å². The maximum absolute atomic E-state index is 12.5. The lowest BCUT2D eigenvalue weighted by Crippen LogP contribution is -2.47. The summed E-state index contributed by atoms with van der Waals surface area (Å²) in [5.74, 6) is -1.60. The number of amides is 2. The summed E-state index contributed by atoms with van der Waals surface area (Å²) in [6.07, 6.45) is 5.50. The molecule has 1 saturated carbocycles. The second-order valence-electron chi connectivity index (χ2n) is 9.71. The summed E-state index contributed by atoms with van der Waals surface area (Å²) >= 11 is 0. The number of aliphatic carboxylic acids is 1. The Morgan fingerprint density at radius 1 is 0.971 bits per heavy atom. The summed E-state index contributed by atoms with van der Waals surface area (Å²) in [7, 11) is 0. The molecule has 2 aromatic rings. The minimum absolute atomic E-state index is 0.0569. The molecule has 0 aliphatic heterocycles. The molecule has 0 bridgehead atoms. The highest BCUT2D eigenvalue weighted by Crippen LogP contribution is 2.44. The Kier molecular flexibility index (Phi) is 8.06. The molecular weight excluding hydrogens is 444 g/mol. The molecule has 186 valence electrons. The molecular formula is C28H34N2O5. The third-order valence-electron chi connectivity index (χ3n) is 7.29. The van der Waals surface area contributed by atoms with Crippen LogP contribution in [0.25, 0.3) is 11.1 Å². The first-order chi connectivity index (χ1) is 16.9. The molecule has 7 nitrogen and oxygen atoms in total. The number of hydrogen-bond donors (Lipinski definition) is 3. The summed E-state index contributed by atoms with van der Waals surface area (Å²) in [4.78, 5) is 36.6. The number of benzene rings is 2. The van der Waals surface area contributed by atoms with Gasteiger partial charge in [-0.1, -0.05) is 80.6 Å². The fourth-order valence-corrected chi connectivity index (χ4v) is 5.36. The van der Waals surface area contributed by atoms with Crippen LogP contribution < -0.4 is 10.6 Å². The predicted molar refractivity (Wildman–Crippen MR) is 133 cm³/mol. The van der Waals surface area contributed by atoms with Gasteiger partial charge in [0.15, 0.2) is 0 Å². The molecule has 0 heterocycles. The molecule has 3 N–H and O–H groups in total. The molecule has 2 atom stereocenters. The molecule has 2 aliphatic rings. The van der Waals surface area contributed by atoms with Gasteiger partial charge >= 0.3 is 12.1 Å². The summed E-state index contributed by atoms with van der Waals surface area (Å²) in [5, 5.41) is 14.8.